The van der Waals surface area contributed by atoms with Crippen molar-refractivity contribution in [3.05, 3.63) is 0 Å². The average Bonchev–Trinajstić information content (AvgIpc) is 2.02. The van der Waals surface area contributed by atoms with Gasteiger partial charge in [0.05, 0.1) is 6.10 Å². The Kier molecular flexibility index (Phi) is 3.03. The number of aliphatic hydroxyl groups is 3. The van der Waals surface area contributed by atoms with Gasteiger partial charge in [0.25, 0.3) is 0 Å². The molecule has 1 aliphatic rings. The van der Waals surface area contributed by atoms with Crippen LogP contribution in [0.2, 0.25) is 0 Å². The van der Waals surface area contributed by atoms with Crippen molar-refractivity contribution in [2.45, 2.75) is 37.6 Å². The molecule has 0 saturated carbocycles. The Hall–Kier alpha value is -0.200. The number of rotatable bonds is 1. The zero-order valence-corrected chi connectivity index (χ0v) is 7.04. The summed E-state index contributed by atoms with van der Waals surface area (Å²) in [6.07, 6.45) is -4.71. The van der Waals surface area contributed by atoms with Crippen LogP contribution in [0, 0.1) is 0 Å². The Morgan fingerprint density at radius 2 is 1.75 bits per heavy atom. The maximum atomic E-state index is 9.40. The van der Waals surface area contributed by atoms with Gasteiger partial charge in [0.2, 0.25) is 0 Å². The van der Waals surface area contributed by atoms with E-state index in [1.165, 1.54) is 7.11 Å². The first kappa shape index (κ1) is 9.88. The summed E-state index contributed by atoms with van der Waals surface area (Å²) in [5.74, 6) is 0. The van der Waals surface area contributed by atoms with E-state index in [0.29, 0.717) is 0 Å². The molecule has 0 radical (unpaired) electrons. The maximum absolute atomic E-state index is 9.40. The van der Waals surface area contributed by atoms with Gasteiger partial charge in [-0.2, -0.15) is 0 Å². The van der Waals surface area contributed by atoms with Crippen LogP contribution in [0.1, 0.15) is 6.92 Å². The van der Waals surface area contributed by atoms with Crippen molar-refractivity contribution in [1.29, 1.82) is 0 Å². The number of methoxy groups -OCH3 is 1. The number of hydrogen-bond acceptors (Lipinski definition) is 5. The highest BCUT2D eigenvalue weighted by Gasteiger charge is 2.42. The first-order valence-electron chi connectivity index (χ1n) is 3.80. The first-order valence-corrected chi connectivity index (χ1v) is 3.80. The molecule has 12 heavy (non-hydrogen) atoms. The molecule has 0 unspecified atom stereocenters. The van der Waals surface area contributed by atoms with Crippen molar-refractivity contribution in [1.82, 2.24) is 0 Å². The van der Waals surface area contributed by atoms with Gasteiger partial charge in [-0.1, -0.05) is 0 Å². The second-order valence-corrected chi connectivity index (χ2v) is 2.91. The van der Waals surface area contributed by atoms with Crippen LogP contribution in [-0.2, 0) is 9.47 Å². The third kappa shape index (κ3) is 1.60. The molecule has 5 atom stereocenters. The highest BCUT2D eigenvalue weighted by atomic mass is 16.6. The highest BCUT2D eigenvalue weighted by Crippen LogP contribution is 2.21. The monoisotopic (exact) mass is 178 g/mol. The molecule has 0 spiro atoms. The standard InChI is InChI=1S/C7H14O5/c1-3-4(8)6(11-2)5(9)7(10)12-3/h3-10H,1-2H3/t3-,4-,5+,6+,7-/m1/s1. The molecule has 72 valence electrons. The van der Waals surface area contributed by atoms with Gasteiger partial charge in [0, 0.05) is 7.11 Å². The van der Waals surface area contributed by atoms with Gasteiger partial charge in [-0.25, -0.2) is 0 Å². The lowest BCUT2D eigenvalue weighted by Gasteiger charge is -2.38. The molecule has 3 N–H and O–H groups in total. The predicted octanol–water partition coefficient (Wildman–Crippen LogP) is -1.54. The van der Waals surface area contributed by atoms with Crippen LogP contribution in [0.25, 0.3) is 0 Å². The second kappa shape index (κ2) is 3.68. The minimum atomic E-state index is -1.28. The van der Waals surface area contributed by atoms with Gasteiger partial charge in [-0.05, 0) is 6.92 Å². The van der Waals surface area contributed by atoms with Crippen LogP contribution < -0.4 is 0 Å². The van der Waals surface area contributed by atoms with Crippen LogP contribution in [-0.4, -0.2) is 53.1 Å². The summed E-state index contributed by atoms with van der Waals surface area (Å²) in [6.45, 7) is 1.60. The van der Waals surface area contributed by atoms with Crippen molar-refractivity contribution < 1.29 is 24.8 Å². The maximum Gasteiger partial charge on any atom is 0.183 e. The van der Waals surface area contributed by atoms with E-state index >= 15 is 0 Å². The second-order valence-electron chi connectivity index (χ2n) is 2.91. The van der Waals surface area contributed by atoms with E-state index in [2.05, 4.69) is 0 Å². The molecule has 0 aliphatic carbocycles. The van der Waals surface area contributed by atoms with Gasteiger partial charge >= 0.3 is 0 Å². The number of aliphatic hydroxyl groups excluding tert-OH is 3. The Bertz CT molecular complexity index is 137. The smallest absolute Gasteiger partial charge is 0.183 e. The fourth-order valence-corrected chi connectivity index (χ4v) is 1.29. The molecule has 0 bridgehead atoms. The van der Waals surface area contributed by atoms with Crippen LogP contribution >= 0.6 is 0 Å². The van der Waals surface area contributed by atoms with Crippen molar-refractivity contribution >= 4 is 0 Å². The highest BCUT2D eigenvalue weighted by molar-refractivity contribution is 4.87. The molecule has 0 aromatic heterocycles. The van der Waals surface area contributed by atoms with Crippen LogP contribution in [0.3, 0.4) is 0 Å². The van der Waals surface area contributed by atoms with E-state index in [4.69, 9.17) is 14.6 Å². The molecule has 0 amide bonds. The summed E-state index contributed by atoms with van der Waals surface area (Å²) in [6, 6.07) is 0. The summed E-state index contributed by atoms with van der Waals surface area (Å²) in [4.78, 5) is 0. The minimum Gasteiger partial charge on any atom is -0.388 e. The summed E-state index contributed by atoms with van der Waals surface area (Å²) in [5, 5.41) is 27.8. The van der Waals surface area contributed by atoms with Gasteiger partial charge in [-0.3, -0.25) is 0 Å². The zero-order chi connectivity index (χ0) is 9.30. The summed E-state index contributed by atoms with van der Waals surface area (Å²) < 4.78 is 9.63. The predicted molar refractivity (Wildman–Crippen MR) is 39.4 cm³/mol. The summed E-state index contributed by atoms with van der Waals surface area (Å²) >= 11 is 0. The fourth-order valence-electron chi connectivity index (χ4n) is 1.29. The summed E-state index contributed by atoms with van der Waals surface area (Å²) in [5.41, 5.74) is 0. The van der Waals surface area contributed by atoms with E-state index in [1.807, 2.05) is 0 Å². The Labute approximate surface area is 70.5 Å². The average molecular weight is 178 g/mol. The molecule has 1 saturated heterocycles. The molecule has 1 rings (SSSR count). The third-order valence-corrected chi connectivity index (χ3v) is 2.07. The Morgan fingerprint density at radius 3 is 2.25 bits per heavy atom. The normalized spacial score (nSPS) is 49.2. The summed E-state index contributed by atoms with van der Waals surface area (Å²) in [7, 11) is 1.36. The Balaban J connectivity index is 2.67. The lowest BCUT2D eigenvalue weighted by atomic mass is 10.00. The minimum absolute atomic E-state index is 0.534. The van der Waals surface area contributed by atoms with Crippen molar-refractivity contribution in [3.63, 3.8) is 0 Å². The van der Waals surface area contributed by atoms with Gasteiger partial charge in [-0.15, -0.1) is 0 Å². The molecule has 0 aromatic rings. The van der Waals surface area contributed by atoms with E-state index in [1.54, 1.807) is 6.92 Å². The molecule has 1 aliphatic heterocycles. The number of ether oxygens (including phenoxy) is 2. The van der Waals surface area contributed by atoms with Crippen molar-refractivity contribution in [3.8, 4) is 0 Å². The lowest BCUT2D eigenvalue weighted by Crippen LogP contribution is -2.57. The first-order chi connectivity index (χ1) is 5.57. The van der Waals surface area contributed by atoms with E-state index in [-0.39, 0.29) is 0 Å². The molecule has 1 heterocycles. The van der Waals surface area contributed by atoms with E-state index in [9.17, 15) is 10.2 Å². The SMILES string of the molecule is CO[C@@H]1[C@H](O)[C@H](O)O[C@H](C)[C@H]1O. The zero-order valence-electron chi connectivity index (χ0n) is 7.04. The van der Waals surface area contributed by atoms with Crippen molar-refractivity contribution in [2.75, 3.05) is 7.11 Å². The van der Waals surface area contributed by atoms with Crippen molar-refractivity contribution in [2.24, 2.45) is 0 Å². The lowest BCUT2D eigenvalue weighted by molar-refractivity contribution is -0.282. The third-order valence-electron chi connectivity index (χ3n) is 2.07. The molecule has 5 nitrogen and oxygen atoms in total. The quantitative estimate of drug-likeness (QED) is 0.453. The van der Waals surface area contributed by atoms with Gasteiger partial charge < -0.3 is 24.8 Å². The molecule has 1 fully saturated rings. The molecular weight excluding hydrogens is 164 g/mol. The molecular formula is C7H14O5. The van der Waals surface area contributed by atoms with E-state index < -0.39 is 30.7 Å². The molecule has 0 aromatic carbocycles. The largest absolute Gasteiger partial charge is 0.388 e. The Morgan fingerprint density at radius 1 is 1.17 bits per heavy atom. The van der Waals surface area contributed by atoms with Gasteiger partial charge in [0.1, 0.15) is 18.3 Å². The van der Waals surface area contributed by atoms with Gasteiger partial charge in [0.15, 0.2) is 6.29 Å². The number of hydrogen-bond donors (Lipinski definition) is 3. The topological polar surface area (TPSA) is 79.2 Å². The molecule has 5 heteroatoms. The van der Waals surface area contributed by atoms with E-state index in [0.717, 1.165) is 0 Å². The van der Waals surface area contributed by atoms with Crippen LogP contribution in [0.15, 0.2) is 0 Å². The fraction of sp³-hybridized carbons (Fsp3) is 1.00. The van der Waals surface area contributed by atoms with Crippen LogP contribution in [0.4, 0.5) is 0 Å². The van der Waals surface area contributed by atoms with Crippen LogP contribution in [0.5, 0.6) is 0 Å².